The predicted molar refractivity (Wildman–Crippen MR) is 78.6 cm³/mol. The summed E-state index contributed by atoms with van der Waals surface area (Å²) in [4.78, 5) is 12.4. The van der Waals surface area contributed by atoms with Crippen molar-refractivity contribution >= 4 is 5.91 Å². The van der Waals surface area contributed by atoms with Gasteiger partial charge in [-0.2, -0.15) is 0 Å². The minimum atomic E-state index is 0.0602. The van der Waals surface area contributed by atoms with Crippen molar-refractivity contribution < 1.29 is 4.79 Å². The van der Waals surface area contributed by atoms with E-state index in [9.17, 15) is 4.79 Å². The van der Waals surface area contributed by atoms with E-state index in [0.717, 1.165) is 31.6 Å². The highest BCUT2D eigenvalue weighted by Crippen LogP contribution is 2.34. The van der Waals surface area contributed by atoms with Gasteiger partial charge in [0, 0.05) is 12.1 Å². The third-order valence-corrected chi connectivity index (χ3v) is 5.26. The second-order valence-corrected chi connectivity index (χ2v) is 7.14. The molecule has 0 aromatic rings. The SMILES string of the molecule is CC1CCC(C(C)C)C(NC(=O)C2CCCC2N)C1. The molecule has 0 saturated heterocycles. The van der Waals surface area contributed by atoms with Gasteiger partial charge in [0.25, 0.3) is 0 Å². The fourth-order valence-electron chi connectivity index (χ4n) is 3.97. The Bertz CT molecular complexity index is 316. The number of hydrogen-bond acceptors (Lipinski definition) is 2. The summed E-state index contributed by atoms with van der Waals surface area (Å²) in [5.41, 5.74) is 6.05. The van der Waals surface area contributed by atoms with Gasteiger partial charge in [-0.05, 0) is 43.4 Å². The van der Waals surface area contributed by atoms with Crippen LogP contribution in [0.1, 0.15) is 59.3 Å². The van der Waals surface area contributed by atoms with Gasteiger partial charge in [-0.15, -0.1) is 0 Å². The van der Waals surface area contributed by atoms with E-state index in [1.54, 1.807) is 0 Å². The van der Waals surface area contributed by atoms with Crippen LogP contribution in [0, 0.1) is 23.7 Å². The standard InChI is InChI=1S/C16H30N2O/c1-10(2)12-8-7-11(3)9-15(12)18-16(19)13-5-4-6-14(13)17/h10-15H,4-9,17H2,1-3H3,(H,18,19). The lowest BCUT2D eigenvalue weighted by Crippen LogP contribution is -2.49. The average molecular weight is 266 g/mol. The van der Waals surface area contributed by atoms with Crippen LogP contribution in [0.4, 0.5) is 0 Å². The Morgan fingerprint density at radius 3 is 2.53 bits per heavy atom. The van der Waals surface area contributed by atoms with E-state index in [4.69, 9.17) is 5.73 Å². The summed E-state index contributed by atoms with van der Waals surface area (Å²) >= 11 is 0. The molecule has 0 bridgehead atoms. The second-order valence-electron chi connectivity index (χ2n) is 7.14. The molecule has 0 heterocycles. The highest BCUT2D eigenvalue weighted by Gasteiger charge is 2.35. The van der Waals surface area contributed by atoms with Gasteiger partial charge < -0.3 is 11.1 Å². The maximum Gasteiger partial charge on any atom is 0.224 e. The van der Waals surface area contributed by atoms with Gasteiger partial charge in [-0.25, -0.2) is 0 Å². The summed E-state index contributed by atoms with van der Waals surface area (Å²) in [6.07, 6.45) is 6.78. The molecular formula is C16H30N2O. The largest absolute Gasteiger partial charge is 0.353 e. The number of amides is 1. The van der Waals surface area contributed by atoms with Crippen molar-refractivity contribution in [3.63, 3.8) is 0 Å². The van der Waals surface area contributed by atoms with Gasteiger partial charge in [0.2, 0.25) is 5.91 Å². The van der Waals surface area contributed by atoms with Gasteiger partial charge in [0.15, 0.2) is 0 Å². The minimum absolute atomic E-state index is 0.0602. The van der Waals surface area contributed by atoms with E-state index in [0.29, 0.717) is 17.9 Å². The first-order chi connectivity index (χ1) is 8.99. The predicted octanol–water partition coefficient (Wildman–Crippen LogP) is 2.69. The summed E-state index contributed by atoms with van der Waals surface area (Å²) in [6.45, 7) is 6.86. The van der Waals surface area contributed by atoms with Crippen LogP contribution in [0.2, 0.25) is 0 Å². The molecule has 3 heteroatoms. The molecule has 2 fully saturated rings. The lowest BCUT2D eigenvalue weighted by atomic mass is 9.74. The molecule has 3 N–H and O–H groups in total. The van der Waals surface area contributed by atoms with Crippen molar-refractivity contribution in [1.82, 2.24) is 5.32 Å². The first-order valence-electron chi connectivity index (χ1n) is 8.05. The highest BCUT2D eigenvalue weighted by atomic mass is 16.2. The average Bonchev–Trinajstić information content (AvgIpc) is 2.75. The van der Waals surface area contributed by atoms with E-state index in [1.165, 1.54) is 12.8 Å². The van der Waals surface area contributed by atoms with E-state index < -0.39 is 0 Å². The Morgan fingerprint density at radius 2 is 1.95 bits per heavy atom. The van der Waals surface area contributed by atoms with Crippen molar-refractivity contribution in [2.75, 3.05) is 0 Å². The molecule has 110 valence electrons. The molecule has 0 aliphatic heterocycles. The fraction of sp³-hybridized carbons (Fsp3) is 0.938. The van der Waals surface area contributed by atoms with Gasteiger partial charge in [-0.1, -0.05) is 33.6 Å². The van der Waals surface area contributed by atoms with Crippen molar-refractivity contribution in [1.29, 1.82) is 0 Å². The summed E-state index contributed by atoms with van der Waals surface area (Å²) in [5.74, 6) is 2.30. The maximum atomic E-state index is 12.4. The Labute approximate surface area is 117 Å². The van der Waals surface area contributed by atoms with Gasteiger partial charge >= 0.3 is 0 Å². The van der Waals surface area contributed by atoms with Crippen molar-refractivity contribution in [3.8, 4) is 0 Å². The lowest BCUT2D eigenvalue weighted by molar-refractivity contribution is -0.126. The monoisotopic (exact) mass is 266 g/mol. The van der Waals surface area contributed by atoms with Crippen molar-refractivity contribution in [2.24, 2.45) is 29.4 Å². The molecule has 0 spiro atoms. The molecule has 0 aromatic carbocycles. The summed E-state index contributed by atoms with van der Waals surface area (Å²) < 4.78 is 0. The number of hydrogen-bond donors (Lipinski definition) is 2. The van der Waals surface area contributed by atoms with Crippen LogP contribution < -0.4 is 11.1 Å². The van der Waals surface area contributed by atoms with Crippen LogP contribution in [0.25, 0.3) is 0 Å². The Hall–Kier alpha value is -0.570. The maximum absolute atomic E-state index is 12.4. The number of carbonyl (C=O) groups is 1. The summed E-state index contributed by atoms with van der Waals surface area (Å²) in [5, 5.41) is 3.33. The molecule has 3 nitrogen and oxygen atoms in total. The highest BCUT2D eigenvalue weighted by molar-refractivity contribution is 5.80. The fourth-order valence-corrected chi connectivity index (χ4v) is 3.97. The zero-order valence-electron chi connectivity index (χ0n) is 12.7. The third-order valence-electron chi connectivity index (χ3n) is 5.26. The van der Waals surface area contributed by atoms with E-state index >= 15 is 0 Å². The van der Waals surface area contributed by atoms with Crippen LogP contribution in [-0.2, 0) is 4.79 Å². The smallest absolute Gasteiger partial charge is 0.224 e. The molecule has 2 rings (SSSR count). The first-order valence-corrected chi connectivity index (χ1v) is 8.05. The molecule has 5 atom stereocenters. The molecule has 2 aliphatic carbocycles. The Morgan fingerprint density at radius 1 is 1.21 bits per heavy atom. The molecule has 1 amide bonds. The van der Waals surface area contributed by atoms with Crippen LogP contribution in [0.15, 0.2) is 0 Å². The second kappa shape index (κ2) is 6.25. The number of rotatable bonds is 3. The van der Waals surface area contributed by atoms with Crippen molar-refractivity contribution in [2.45, 2.75) is 71.4 Å². The summed E-state index contributed by atoms with van der Waals surface area (Å²) in [7, 11) is 0. The van der Waals surface area contributed by atoms with E-state index in [2.05, 4.69) is 26.1 Å². The van der Waals surface area contributed by atoms with Gasteiger partial charge in [0.05, 0.1) is 5.92 Å². The molecule has 2 aliphatic rings. The van der Waals surface area contributed by atoms with Crippen LogP contribution in [0.5, 0.6) is 0 Å². The van der Waals surface area contributed by atoms with Crippen LogP contribution >= 0.6 is 0 Å². The van der Waals surface area contributed by atoms with Gasteiger partial charge in [-0.3, -0.25) is 4.79 Å². The van der Waals surface area contributed by atoms with Crippen LogP contribution in [0.3, 0.4) is 0 Å². The minimum Gasteiger partial charge on any atom is -0.353 e. The molecule has 19 heavy (non-hydrogen) atoms. The number of nitrogens with two attached hydrogens (primary N) is 1. The Kier molecular flexibility index (Phi) is 4.88. The molecule has 5 unspecified atom stereocenters. The zero-order chi connectivity index (χ0) is 14.0. The molecule has 0 radical (unpaired) electrons. The van der Waals surface area contributed by atoms with Gasteiger partial charge in [0.1, 0.15) is 0 Å². The molecule has 2 saturated carbocycles. The molecular weight excluding hydrogens is 236 g/mol. The lowest BCUT2D eigenvalue weighted by Gasteiger charge is -2.38. The number of nitrogens with one attached hydrogen (secondary N) is 1. The van der Waals surface area contributed by atoms with Crippen molar-refractivity contribution in [3.05, 3.63) is 0 Å². The normalized spacial score (nSPS) is 39.5. The third kappa shape index (κ3) is 3.50. The van der Waals surface area contributed by atoms with Crippen LogP contribution in [-0.4, -0.2) is 18.0 Å². The molecule has 0 aromatic heterocycles. The van der Waals surface area contributed by atoms with E-state index in [1.807, 2.05) is 0 Å². The van der Waals surface area contributed by atoms with E-state index in [-0.39, 0.29) is 17.9 Å². The number of carbonyl (C=O) groups excluding carboxylic acids is 1. The topological polar surface area (TPSA) is 55.1 Å². The zero-order valence-corrected chi connectivity index (χ0v) is 12.7. The first kappa shape index (κ1) is 14.8. The Balaban J connectivity index is 1.96. The summed E-state index contributed by atoms with van der Waals surface area (Å²) in [6, 6.07) is 0.447. The quantitative estimate of drug-likeness (QED) is 0.825.